The Hall–Kier alpha value is -6.20. The molecule has 4 heterocycles. The highest BCUT2D eigenvalue weighted by Gasteiger charge is 2.39. The normalized spacial score (nSPS) is 12.2. The molecule has 0 fully saturated rings. The summed E-state index contributed by atoms with van der Waals surface area (Å²) in [4.78, 5) is 4.10. The fourth-order valence-corrected chi connectivity index (χ4v) is 8.49. The predicted octanol–water partition coefficient (Wildman–Crippen LogP) is 10.3. The van der Waals surface area contributed by atoms with Gasteiger partial charge in [-0.2, -0.15) is 27.9 Å². The molecular formula is C43H43F3N9O3S2+. The molecule has 0 atom stereocenters. The number of aromatic hydroxyl groups is 3. The lowest BCUT2D eigenvalue weighted by Gasteiger charge is -2.14. The zero-order valence-electron chi connectivity index (χ0n) is 33.6. The predicted molar refractivity (Wildman–Crippen MR) is 228 cm³/mol. The van der Waals surface area contributed by atoms with E-state index in [0.29, 0.717) is 22.5 Å². The van der Waals surface area contributed by atoms with E-state index in [1.165, 1.54) is 22.9 Å². The van der Waals surface area contributed by atoms with Crippen LogP contribution in [0.3, 0.4) is 0 Å². The third kappa shape index (κ3) is 6.94. The van der Waals surface area contributed by atoms with Crippen LogP contribution in [0, 0.1) is 16.5 Å². The zero-order chi connectivity index (χ0) is 42.9. The topological polar surface area (TPSA) is 142 Å². The SMILES string of the molecule is CCCn1ccc2cc(-[n+]3c(-c4cc(C(C)C)c(O)cc4O)[nH]n(Cn4c(C(F)(F)F)nc5cc(-n6c(-c7cc(C(C)C)c(C)cc7O)n[nH]c6=S)ccc54)c3=S)ccc21. The lowest BCUT2D eigenvalue weighted by molar-refractivity contribution is -0.592. The number of aromatic nitrogens is 9. The van der Waals surface area contributed by atoms with E-state index in [9.17, 15) is 28.5 Å². The van der Waals surface area contributed by atoms with Gasteiger partial charge in [-0.1, -0.05) is 34.6 Å². The molecule has 310 valence electrons. The maximum atomic E-state index is 15.0. The quantitative estimate of drug-likeness (QED) is 0.0681. The van der Waals surface area contributed by atoms with Gasteiger partial charge < -0.3 is 19.9 Å². The van der Waals surface area contributed by atoms with Crippen molar-refractivity contribution in [1.29, 1.82) is 0 Å². The first-order valence-electron chi connectivity index (χ1n) is 19.5. The van der Waals surface area contributed by atoms with Crippen molar-refractivity contribution in [2.45, 2.75) is 79.2 Å². The summed E-state index contributed by atoms with van der Waals surface area (Å²) in [6, 6.07) is 18.8. The minimum absolute atomic E-state index is 0.0213. The molecule has 17 heteroatoms. The monoisotopic (exact) mass is 854 g/mol. The van der Waals surface area contributed by atoms with Crippen molar-refractivity contribution in [3.8, 4) is 51.4 Å². The van der Waals surface area contributed by atoms with E-state index in [-0.39, 0.29) is 66.9 Å². The Labute approximate surface area is 352 Å². The average Bonchev–Trinajstić information content (AvgIpc) is 3.94. The number of aromatic amines is 2. The first-order chi connectivity index (χ1) is 28.5. The van der Waals surface area contributed by atoms with Crippen molar-refractivity contribution >= 4 is 46.4 Å². The molecule has 4 aromatic heterocycles. The number of nitrogens with one attached hydrogen (secondary N) is 2. The first kappa shape index (κ1) is 40.6. The van der Waals surface area contributed by atoms with Crippen LogP contribution in [0.1, 0.15) is 75.4 Å². The molecule has 8 aromatic rings. The lowest BCUT2D eigenvalue weighted by atomic mass is 9.95. The Morgan fingerprint density at radius 2 is 1.53 bits per heavy atom. The number of nitrogens with zero attached hydrogens (tertiary/aromatic N) is 7. The van der Waals surface area contributed by atoms with E-state index in [1.54, 1.807) is 27.3 Å². The van der Waals surface area contributed by atoms with Gasteiger partial charge in [-0.3, -0.25) is 14.2 Å². The number of alkyl halides is 3. The summed E-state index contributed by atoms with van der Waals surface area (Å²) in [5, 5.41) is 44.2. The Balaban J connectivity index is 1.29. The molecule has 0 saturated heterocycles. The van der Waals surface area contributed by atoms with Crippen LogP contribution < -0.4 is 4.57 Å². The van der Waals surface area contributed by atoms with Gasteiger partial charge in [0.05, 0.1) is 27.8 Å². The maximum absolute atomic E-state index is 15.0. The van der Waals surface area contributed by atoms with Gasteiger partial charge in [0.15, 0.2) is 17.3 Å². The fourth-order valence-electron chi connectivity index (χ4n) is 7.95. The number of phenols is 3. The van der Waals surface area contributed by atoms with Crippen LogP contribution in [0.2, 0.25) is 0 Å². The number of benzene rings is 4. The van der Waals surface area contributed by atoms with Gasteiger partial charge in [0.1, 0.15) is 22.9 Å². The summed E-state index contributed by atoms with van der Waals surface area (Å²) >= 11 is 11.6. The number of imidazole rings is 1. The van der Waals surface area contributed by atoms with E-state index in [4.69, 9.17) is 24.4 Å². The summed E-state index contributed by atoms with van der Waals surface area (Å²) in [5.41, 5.74) is 5.31. The molecule has 0 unspecified atom stereocenters. The fraction of sp³-hybridized carbons (Fsp3) is 0.279. The second kappa shape index (κ2) is 15.1. The lowest BCUT2D eigenvalue weighted by Crippen LogP contribution is -2.33. The molecule has 0 aliphatic carbocycles. The largest absolute Gasteiger partial charge is 0.508 e. The summed E-state index contributed by atoms with van der Waals surface area (Å²) in [7, 11) is 0. The van der Waals surface area contributed by atoms with Crippen LogP contribution in [-0.2, 0) is 19.4 Å². The number of H-pyrrole nitrogens is 2. The minimum Gasteiger partial charge on any atom is -0.508 e. The van der Waals surface area contributed by atoms with Gasteiger partial charge in [0.25, 0.3) is 5.82 Å². The molecule has 5 N–H and O–H groups in total. The second-order valence-corrected chi connectivity index (χ2v) is 16.3. The number of halogens is 3. The zero-order valence-corrected chi connectivity index (χ0v) is 35.3. The number of hydrogen-bond acceptors (Lipinski definition) is 7. The van der Waals surface area contributed by atoms with Crippen LogP contribution in [0.4, 0.5) is 13.2 Å². The Morgan fingerprint density at radius 3 is 2.23 bits per heavy atom. The van der Waals surface area contributed by atoms with Crippen molar-refractivity contribution in [1.82, 2.24) is 38.7 Å². The van der Waals surface area contributed by atoms with Gasteiger partial charge in [-0.15, -0.1) is 4.68 Å². The molecule has 0 radical (unpaired) electrons. The molecule has 4 aromatic carbocycles. The smallest absolute Gasteiger partial charge is 0.449 e. The number of phenolic OH excluding ortho intramolecular Hbond substituents is 3. The highest BCUT2D eigenvalue weighted by atomic mass is 32.1. The van der Waals surface area contributed by atoms with Crippen molar-refractivity contribution in [3.05, 3.63) is 105 Å². The highest BCUT2D eigenvalue weighted by Crippen LogP contribution is 2.39. The number of fused-ring (bicyclic) bond motifs is 2. The van der Waals surface area contributed by atoms with Gasteiger partial charge in [0.2, 0.25) is 5.82 Å². The molecule has 0 amide bonds. The molecule has 0 spiro atoms. The molecule has 0 aliphatic rings. The van der Waals surface area contributed by atoms with E-state index >= 15 is 0 Å². The van der Waals surface area contributed by atoms with Crippen LogP contribution in [-0.4, -0.2) is 54.0 Å². The molecule has 0 bridgehead atoms. The summed E-state index contributed by atoms with van der Waals surface area (Å²) in [5.74, 6) is -0.941. The van der Waals surface area contributed by atoms with Gasteiger partial charge >= 0.3 is 10.9 Å². The molecule has 0 saturated carbocycles. The molecule has 0 aliphatic heterocycles. The van der Waals surface area contributed by atoms with Crippen molar-refractivity contribution in [2.75, 3.05) is 0 Å². The Bertz CT molecular complexity index is 3090. The molecule has 12 nitrogen and oxygen atoms in total. The Morgan fingerprint density at radius 1 is 0.833 bits per heavy atom. The van der Waals surface area contributed by atoms with Crippen LogP contribution in [0.25, 0.3) is 56.1 Å². The minimum atomic E-state index is -4.87. The average molecular weight is 855 g/mol. The van der Waals surface area contributed by atoms with Crippen molar-refractivity contribution in [2.24, 2.45) is 0 Å². The number of aryl methyl sites for hydroxylation is 2. The molecular weight excluding hydrogens is 812 g/mol. The Kier molecular flexibility index (Phi) is 10.2. The third-order valence-corrected chi connectivity index (χ3v) is 11.5. The van der Waals surface area contributed by atoms with Crippen molar-refractivity contribution in [3.63, 3.8) is 0 Å². The summed E-state index contributed by atoms with van der Waals surface area (Å²) < 4.78 is 52.9. The van der Waals surface area contributed by atoms with Gasteiger partial charge in [-0.05, 0) is 127 Å². The summed E-state index contributed by atoms with van der Waals surface area (Å²) in [6.45, 7) is 12.3. The number of rotatable bonds is 10. The van der Waals surface area contributed by atoms with E-state index < -0.39 is 18.7 Å². The summed E-state index contributed by atoms with van der Waals surface area (Å²) in [6.07, 6.45) is -1.93. The third-order valence-electron chi connectivity index (χ3n) is 10.8. The second-order valence-electron chi connectivity index (χ2n) is 15.6. The molecule has 60 heavy (non-hydrogen) atoms. The highest BCUT2D eigenvalue weighted by molar-refractivity contribution is 7.71. The number of hydrogen-bond donors (Lipinski definition) is 5. The standard InChI is InChI=1S/C43H42F3N9O3S2/c1-7-13-51-14-12-25-16-26(8-10-33(25)51)55-39(31-19-29(23(4)5)36(57)20-37(31)58)50-53(42(55)60)21-52-34-11-9-27(17-32(34)47-40(52)43(44,45)46)54-38(48-49-41(54)59)30-18-28(22(2)3)24(6)15-35(30)56/h8-12,14-20,22-23H,7,13,21H2,1-6H3,(H4,48,49,50,56,57,58,59)/p+1. The van der Waals surface area contributed by atoms with Crippen molar-refractivity contribution < 1.29 is 33.1 Å². The van der Waals surface area contributed by atoms with Crippen LogP contribution in [0.15, 0.2) is 72.9 Å². The van der Waals surface area contributed by atoms with Gasteiger partial charge in [0, 0.05) is 29.7 Å². The van der Waals surface area contributed by atoms with E-state index in [2.05, 4.69) is 31.8 Å². The van der Waals surface area contributed by atoms with E-state index in [1.807, 2.05) is 71.1 Å². The maximum Gasteiger partial charge on any atom is 0.449 e. The van der Waals surface area contributed by atoms with Crippen LogP contribution in [0.5, 0.6) is 17.2 Å². The first-order valence-corrected chi connectivity index (χ1v) is 20.3. The molecule has 8 rings (SSSR count). The van der Waals surface area contributed by atoms with Crippen LogP contribution >= 0.6 is 24.4 Å². The van der Waals surface area contributed by atoms with E-state index in [0.717, 1.165) is 39.6 Å². The van der Waals surface area contributed by atoms with Gasteiger partial charge in [-0.25, -0.2) is 4.98 Å².